The molecule has 1 N–H and O–H groups in total. The van der Waals surface area contributed by atoms with Crippen molar-refractivity contribution in [3.63, 3.8) is 0 Å². The summed E-state index contributed by atoms with van der Waals surface area (Å²) in [5.41, 5.74) is 2.10. The third-order valence-corrected chi connectivity index (χ3v) is 2.16. The van der Waals surface area contributed by atoms with Gasteiger partial charge in [-0.1, -0.05) is 32.9 Å². The average molecular weight is 179 g/mol. The first-order valence-corrected chi connectivity index (χ1v) is 4.83. The van der Waals surface area contributed by atoms with Crippen molar-refractivity contribution in [2.45, 2.75) is 27.2 Å². The molecule has 0 unspecified atom stereocenters. The highest BCUT2D eigenvalue weighted by atomic mass is 16.1. The van der Waals surface area contributed by atoms with Gasteiger partial charge in [-0.05, 0) is 17.9 Å². The standard InChI is InChI=1S/C11H17NO/c1-4-9-7-12-11(13)10(9)6-5-8(2)3/h5-6,8H,4,7H2,1-3H3,(H,12,13)/b6-5-. The van der Waals surface area contributed by atoms with Crippen molar-refractivity contribution < 1.29 is 4.79 Å². The minimum Gasteiger partial charge on any atom is -0.348 e. The van der Waals surface area contributed by atoms with Gasteiger partial charge in [-0.25, -0.2) is 0 Å². The molecule has 0 atom stereocenters. The van der Waals surface area contributed by atoms with E-state index in [1.165, 1.54) is 5.57 Å². The van der Waals surface area contributed by atoms with E-state index in [0.717, 1.165) is 18.5 Å². The first-order valence-electron chi connectivity index (χ1n) is 4.83. The molecule has 1 aliphatic rings. The average Bonchev–Trinajstić information content (AvgIpc) is 2.43. The van der Waals surface area contributed by atoms with Crippen molar-refractivity contribution >= 4 is 5.91 Å². The Balaban J connectivity index is 2.80. The Morgan fingerprint density at radius 3 is 2.77 bits per heavy atom. The fraction of sp³-hybridized carbons (Fsp3) is 0.545. The molecule has 1 heterocycles. The van der Waals surface area contributed by atoms with Gasteiger partial charge in [-0.3, -0.25) is 4.79 Å². The lowest BCUT2D eigenvalue weighted by Crippen LogP contribution is -2.16. The summed E-state index contributed by atoms with van der Waals surface area (Å²) in [5, 5.41) is 2.83. The molecule has 2 nitrogen and oxygen atoms in total. The second-order valence-corrected chi connectivity index (χ2v) is 3.66. The summed E-state index contributed by atoms with van der Waals surface area (Å²) in [4.78, 5) is 11.3. The molecule has 0 radical (unpaired) electrons. The van der Waals surface area contributed by atoms with Gasteiger partial charge in [-0.15, -0.1) is 0 Å². The van der Waals surface area contributed by atoms with Gasteiger partial charge in [0.1, 0.15) is 0 Å². The summed E-state index contributed by atoms with van der Waals surface area (Å²) in [6, 6.07) is 0. The quantitative estimate of drug-likeness (QED) is 0.705. The van der Waals surface area contributed by atoms with Crippen LogP contribution in [-0.2, 0) is 4.79 Å². The van der Waals surface area contributed by atoms with Gasteiger partial charge in [-0.2, -0.15) is 0 Å². The second-order valence-electron chi connectivity index (χ2n) is 3.66. The van der Waals surface area contributed by atoms with Gasteiger partial charge >= 0.3 is 0 Å². The fourth-order valence-corrected chi connectivity index (χ4v) is 1.34. The number of hydrogen-bond acceptors (Lipinski definition) is 1. The first-order chi connectivity index (χ1) is 6.15. The summed E-state index contributed by atoms with van der Waals surface area (Å²) in [7, 11) is 0. The monoisotopic (exact) mass is 179 g/mol. The maximum absolute atomic E-state index is 11.3. The van der Waals surface area contributed by atoms with E-state index < -0.39 is 0 Å². The van der Waals surface area contributed by atoms with Crippen molar-refractivity contribution in [2.75, 3.05) is 6.54 Å². The van der Waals surface area contributed by atoms with Crippen molar-refractivity contribution in [1.29, 1.82) is 0 Å². The third-order valence-electron chi connectivity index (χ3n) is 2.16. The summed E-state index contributed by atoms with van der Waals surface area (Å²) in [5.74, 6) is 0.577. The van der Waals surface area contributed by atoms with Crippen LogP contribution in [0.1, 0.15) is 27.2 Å². The Morgan fingerprint density at radius 2 is 2.23 bits per heavy atom. The van der Waals surface area contributed by atoms with E-state index in [4.69, 9.17) is 0 Å². The predicted molar refractivity (Wildman–Crippen MR) is 54.3 cm³/mol. The van der Waals surface area contributed by atoms with Crippen molar-refractivity contribution in [3.8, 4) is 0 Å². The molecule has 0 saturated heterocycles. The molecule has 0 saturated carbocycles. The molecule has 1 rings (SSSR count). The molecule has 2 heteroatoms. The Morgan fingerprint density at radius 1 is 1.54 bits per heavy atom. The van der Waals surface area contributed by atoms with Crippen LogP contribution in [0.15, 0.2) is 23.3 Å². The number of rotatable bonds is 3. The lowest BCUT2D eigenvalue weighted by molar-refractivity contribution is -0.116. The largest absolute Gasteiger partial charge is 0.348 e. The zero-order valence-corrected chi connectivity index (χ0v) is 8.55. The smallest absolute Gasteiger partial charge is 0.251 e. The molecule has 72 valence electrons. The van der Waals surface area contributed by atoms with Crippen LogP contribution in [0.4, 0.5) is 0 Å². The van der Waals surface area contributed by atoms with Gasteiger partial charge in [0, 0.05) is 12.1 Å². The number of hydrogen-bond donors (Lipinski definition) is 1. The van der Waals surface area contributed by atoms with Gasteiger partial charge in [0.05, 0.1) is 0 Å². The maximum Gasteiger partial charge on any atom is 0.251 e. The Hall–Kier alpha value is -1.05. The normalized spacial score (nSPS) is 17.7. The van der Waals surface area contributed by atoms with Gasteiger partial charge < -0.3 is 5.32 Å². The van der Waals surface area contributed by atoms with Crippen LogP contribution in [0, 0.1) is 5.92 Å². The molecule has 1 amide bonds. The van der Waals surface area contributed by atoms with E-state index in [1.807, 2.05) is 6.08 Å². The van der Waals surface area contributed by atoms with Gasteiger partial charge in [0.2, 0.25) is 0 Å². The van der Waals surface area contributed by atoms with Crippen LogP contribution < -0.4 is 5.32 Å². The molecule has 1 aliphatic heterocycles. The lowest BCUT2D eigenvalue weighted by Gasteiger charge is -1.97. The molecule has 0 aromatic heterocycles. The van der Waals surface area contributed by atoms with Crippen LogP contribution in [0.3, 0.4) is 0 Å². The van der Waals surface area contributed by atoms with Crippen molar-refractivity contribution in [3.05, 3.63) is 23.3 Å². The highest BCUT2D eigenvalue weighted by Crippen LogP contribution is 2.16. The van der Waals surface area contributed by atoms with Crippen LogP contribution in [0.25, 0.3) is 0 Å². The molecule has 0 aliphatic carbocycles. The summed E-state index contributed by atoms with van der Waals surface area (Å²) in [6.07, 6.45) is 4.97. The van der Waals surface area contributed by atoms with E-state index in [2.05, 4.69) is 32.2 Å². The molecular weight excluding hydrogens is 162 g/mol. The Kier molecular flexibility index (Phi) is 3.29. The first kappa shape index (κ1) is 10.0. The molecule has 0 spiro atoms. The summed E-state index contributed by atoms with van der Waals surface area (Å²) >= 11 is 0. The summed E-state index contributed by atoms with van der Waals surface area (Å²) < 4.78 is 0. The van der Waals surface area contributed by atoms with Crippen LogP contribution in [-0.4, -0.2) is 12.5 Å². The van der Waals surface area contributed by atoms with Crippen molar-refractivity contribution in [1.82, 2.24) is 5.32 Å². The second kappa shape index (κ2) is 4.26. The predicted octanol–water partition coefficient (Wildman–Crippen LogP) is 2.04. The third kappa shape index (κ3) is 2.44. The number of carbonyl (C=O) groups is 1. The Labute approximate surface area is 79.7 Å². The van der Waals surface area contributed by atoms with Gasteiger partial charge in [0.15, 0.2) is 0 Å². The number of nitrogens with one attached hydrogen (secondary N) is 1. The van der Waals surface area contributed by atoms with Gasteiger partial charge in [0.25, 0.3) is 5.91 Å². The van der Waals surface area contributed by atoms with Crippen LogP contribution in [0.5, 0.6) is 0 Å². The zero-order valence-electron chi connectivity index (χ0n) is 8.55. The minimum absolute atomic E-state index is 0.0775. The van der Waals surface area contributed by atoms with E-state index in [-0.39, 0.29) is 5.91 Å². The van der Waals surface area contributed by atoms with Crippen LogP contribution in [0.2, 0.25) is 0 Å². The maximum atomic E-state index is 11.3. The fourth-order valence-electron chi connectivity index (χ4n) is 1.34. The number of amides is 1. The van der Waals surface area contributed by atoms with E-state index in [1.54, 1.807) is 0 Å². The zero-order chi connectivity index (χ0) is 9.84. The van der Waals surface area contributed by atoms with Crippen LogP contribution >= 0.6 is 0 Å². The highest BCUT2D eigenvalue weighted by Gasteiger charge is 2.18. The van der Waals surface area contributed by atoms with E-state index in [0.29, 0.717) is 5.92 Å². The molecule has 0 aromatic rings. The summed E-state index contributed by atoms with van der Waals surface area (Å²) in [6.45, 7) is 7.02. The highest BCUT2D eigenvalue weighted by molar-refractivity contribution is 5.99. The van der Waals surface area contributed by atoms with Crippen molar-refractivity contribution in [2.24, 2.45) is 5.92 Å². The molecule has 0 bridgehead atoms. The Bertz CT molecular complexity index is 261. The number of carbonyl (C=O) groups excluding carboxylic acids is 1. The molecule has 13 heavy (non-hydrogen) atoms. The van der Waals surface area contributed by atoms with E-state index >= 15 is 0 Å². The minimum atomic E-state index is 0.0775. The SMILES string of the molecule is CCC1=C(/C=C\C(C)C)C(=O)NC1. The lowest BCUT2D eigenvalue weighted by atomic mass is 10.1. The topological polar surface area (TPSA) is 29.1 Å². The molecular formula is C11H17NO. The van der Waals surface area contributed by atoms with E-state index in [9.17, 15) is 4.79 Å². The number of allylic oxidation sites excluding steroid dienone is 1. The molecule has 0 aromatic carbocycles. The molecule has 0 fully saturated rings.